The summed E-state index contributed by atoms with van der Waals surface area (Å²) in [4.78, 5) is 30.3. The first-order chi connectivity index (χ1) is 12.5. The van der Waals surface area contributed by atoms with Gasteiger partial charge in [-0.1, -0.05) is 0 Å². The van der Waals surface area contributed by atoms with Gasteiger partial charge in [0.25, 0.3) is 0 Å². The van der Waals surface area contributed by atoms with Crippen LogP contribution in [-0.2, 0) is 28.8 Å². The first-order valence-electron chi connectivity index (χ1n) is 9.03. The molecule has 0 rings (SSSR count). The predicted octanol–water partition coefficient (Wildman–Crippen LogP) is 1.80. The van der Waals surface area contributed by atoms with E-state index in [2.05, 4.69) is 15.1 Å². The minimum Gasteiger partial charge on any atom is -0.380 e. The molecule has 0 heterocycles. The van der Waals surface area contributed by atoms with Gasteiger partial charge in [-0.25, -0.2) is 9.78 Å². The fourth-order valence-corrected chi connectivity index (χ4v) is 2.26. The van der Waals surface area contributed by atoms with Crippen molar-refractivity contribution >= 4 is 12.2 Å². The van der Waals surface area contributed by atoms with Crippen LogP contribution in [0.15, 0.2) is 0 Å². The average Bonchev–Trinajstić information content (AvgIpc) is 2.63. The van der Waals surface area contributed by atoms with Crippen LogP contribution in [0.3, 0.4) is 0 Å². The van der Waals surface area contributed by atoms with E-state index in [9.17, 15) is 9.59 Å². The van der Waals surface area contributed by atoms with Crippen molar-refractivity contribution in [2.75, 3.05) is 26.4 Å². The number of carbonyl (C=O) groups excluding carboxylic acids is 2. The molecule has 154 valence electrons. The molecule has 0 aromatic carbocycles. The molecular weight excluding hydrogens is 346 g/mol. The van der Waals surface area contributed by atoms with Crippen molar-refractivity contribution in [3.05, 3.63) is 0 Å². The Morgan fingerprint density at radius 2 is 1.69 bits per heavy atom. The number of hydrogen-bond acceptors (Lipinski definition) is 8. The Bertz CT molecular complexity index is 344. The maximum Gasteiger partial charge on any atom is 0.220 e. The van der Waals surface area contributed by atoms with Crippen molar-refractivity contribution < 1.29 is 39.4 Å². The lowest BCUT2D eigenvalue weighted by Crippen LogP contribution is -2.28. The van der Waals surface area contributed by atoms with Crippen molar-refractivity contribution in [3.8, 4) is 0 Å². The van der Waals surface area contributed by atoms with E-state index in [0.717, 1.165) is 6.29 Å². The Labute approximate surface area is 154 Å². The fourth-order valence-electron chi connectivity index (χ4n) is 2.26. The van der Waals surface area contributed by atoms with Crippen LogP contribution in [0, 0.1) is 0 Å². The van der Waals surface area contributed by atoms with Gasteiger partial charge in [-0.3, -0.25) is 15.3 Å². The van der Waals surface area contributed by atoms with Gasteiger partial charge in [0.1, 0.15) is 6.29 Å². The smallest absolute Gasteiger partial charge is 0.220 e. The van der Waals surface area contributed by atoms with Crippen LogP contribution in [0.4, 0.5) is 0 Å². The summed E-state index contributed by atoms with van der Waals surface area (Å²) in [6, 6.07) is 0. The molecule has 0 aromatic heterocycles. The van der Waals surface area contributed by atoms with E-state index in [-0.39, 0.29) is 12.0 Å². The van der Waals surface area contributed by atoms with E-state index in [0.29, 0.717) is 64.9 Å². The molecule has 9 nitrogen and oxygen atoms in total. The van der Waals surface area contributed by atoms with E-state index in [1.54, 1.807) is 13.8 Å². The molecule has 0 aliphatic carbocycles. The normalized spacial score (nSPS) is 14.6. The van der Waals surface area contributed by atoms with Crippen molar-refractivity contribution in [1.82, 2.24) is 5.32 Å². The Balaban J connectivity index is 3.79. The molecule has 9 heteroatoms. The SMILES string of the molecule is CC(CC(CC(C)OO)OCCCC(=O)NCCOCCCC=O)OO. The van der Waals surface area contributed by atoms with Gasteiger partial charge in [-0.2, -0.15) is 0 Å². The molecule has 0 aromatic rings. The first-order valence-corrected chi connectivity index (χ1v) is 9.03. The van der Waals surface area contributed by atoms with Crippen LogP contribution in [0.1, 0.15) is 52.4 Å². The highest BCUT2D eigenvalue weighted by Crippen LogP contribution is 2.13. The Hall–Kier alpha value is -1.10. The second kappa shape index (κ2) is 17.3. The van der Waals surface area contributed by atoms with Gasteiger partial charge in [0.2, 0.25) is 5.91 Å². The van der Waals surface area contributed by atoms with Gasteiger partial charge in [-0.15, -0.1) is 0 Å². The third-order valence-electron chi connectivity index (χ3n) is 3.63. The van der Waals surface area contributed by atoms with Gasteiger partial charge < -0.3 is 19.6 Å². The minimum atomic E-state index is -0.402. The maximum atomic E-state index is 11.7. The number of ether oxygens (including phenoxy) is 2. The Kier molecular flexibility index (Phi) is 16.6. The lowest BCUT2D eigenvalue weighted by Gasteiger charge is -2.22. The van der Waals surface area contributed by atoms with Crippen LogP contribution in [-0.4, -0.2) is 67.4 Å². The van der Waals surface area contributed by atoms with Crippen LogP contribution in [0.2, 0.25) is 0 Å². The highest BCUT2D eigenvalue weighted by Gasteiger charge is 2.18. The molecule has 0 spiro atoms. The summed E-state index contributed by atoms with van der Waals surface area (Å²) in [7, 11) is 0. The molecule has 3 N–H and O–H groups in total. The third kappa shape index (κ3) is 15.2. The minimum absolute atomic E-state index is 0.0826. The summed E-state index contributed by atoms with van der Waals surface area (Å²) in [6.45, 7) is 5.14. The first kappa shape index (κ1) is 24.9. The molecule has 2 atom stereocenters. The van der Waals surface area contributed by atoms with E-state index in [1.807, 2.05) is 0 Å². The van der Waals surface area contributed by atoms with E-state index >= 15 is 0 Å². The van der Waals surface area contributed by atoms with Gasteiger partial charge in [0, 0.05) is 45.4 Å². The largest absolute Gasteiger partial charge is 0.380 e. The quantitative estimate of drug-likeness (QED) is 0.143. The average molecular weight is 379 g/mol. The topological polar surface area (TPSA) is 124 Å². The molecule has 0 radical (unpaired) electrons. The number of carbonyl (C=O) groups is 2. The van der Waals surface area contributed by atoms with Gasteiger partial charge in [0.05, 0.1) is 24.9 Å². The summed E-state index contributed by atoms with van der Waals surface area (Å²) in [6.07, 6.45) is 2.72. The number of aldehydes is 1. The second-order valence-electron chi connectivity index (χ2n) is 6.17. The van der Waals surface area contributed by atoms with E-state index < -0.39 is 12.2 Å². The number of nitrogens with one attached hydrogen (secondary N) is 1. The number of hydrogen-bond donors (Lipinski definition) is 3. The standard InChI is InChI=1S/C17H33NO8/c1-14(25-21)12-16(13-15(2)26-22)24-10-5-6-17(20)18-7-11-23-9-4-3-8-19/h8,14-16,21-22H,3-7,9-13H2,1-2H3,(H,18,20). The molecule has 0 saturated carbocycles. The third-order valence-corrected chi connectivity index (χ3v) is 3.63. The molecule has 2 unspecified atom stereocenters. The zero-order valence-corrected chi connectivity index (χ0v) is 15.7. The number of amides is 1. The number of unbranched alkanes of at least 4 members (excludes halogenated alkanes) is 1. The lowest BCUT2D eigenvalue weighted by molar-refractivity contribution is -0.288. The van der Waals surface area contributed by atoms with Gasteiger partial charge >= 0.3 is 0 Å². The Morgan fingerprint density at radius 3 is 2.27 bits per heavy atom. The van der Waals surface area contributed by atoms with Crippen molar-refractivity contribution in [3.63, 3.8) is 0 Å². The molecule has 26 heavy (non-hydrogen) atoms. The molecule has 0 fully saturated rings. The van der Waals surface area contributed by atoms with Crippen molar-refractivity contribution in [2.45, 2.75) is 70.7 Å². The summed E-state index contributed by atoms with van der Waals surface area (Å²) < 4.78 is 11.0. The zero-order valence-electron chi connectivity index (χ0n) is 15.7. The van der Waals surface area contributed by atoms with Crippen LogP contribution in [0.25, 0.3) is 0 Å². The van der Waals surface area contributed by atoms with Crippen LogP contribution >= 0.6 is 0 Å². The molecule has 0 bridgehead atoms. The fraction of sp³-hybridized carbons (Fsp3) is 0.882. The zero-order chi connectivity index (χ0) is 19.6. The lowest BCUT2D eigenvalue weighted by atomic mass is 10.1. The van der Waals surface area contributed by atoms with Crippen LogP contribution < -0.4 is 5.32 Å². The summed E-state index contributed by atoms with van der Waals surface area (Å²) in [5.74, 6) is -0.0826. The predicted molar refractivity (Wildman–Crippen MR) is 93.7 cm³/mol. The van der Waals surface area contributed by atoms with Crippen LogP contribution in [0.5, 0.6) is 0 Å². The van der Waals surface area contributed by atoms with Gasteiger partial charge in [-0.05, 0) is 26.7 Å². The second-order valence-corrected chi connectivity index (χ2v) is 6.17. The summed E-state index contributed by atoms with van der Waals surface area (Å²) in [5.41, 5.74) is 0. The molecule has 1 amide bonds. The molecular formula is C17H33NO8. The highest BCUT2D eigenvalue weighted by atomic mass is 17.1. The van der Waals surface area contributed by atoms with E-state index in [1.165, 1.54) is 0 Å². The van der Waals surface area contributed by atoms with Crippen molar-refractivity contribution in [1.29, 1.82) is 0 Å². The summed E-state index contributed by atoms with van der Waals surface area (Å²) in [5, 5.41) is 20.1. The molecule has 0 aliphatic rings. The Morgan fingerprint density at radius 1 is 1.04 bits per heavy atom. The monoisotopic (exact) mass is 379 g/mol. The molecule has 0 aliphatic heterocycles. The van der Waals surface area contributed by atoms with Gasteiger partial charge in [0.15, 0.2) is 0 Å². The van der Waals surface area contributed by atoms with E-state index in [4.69, 9.17) is 20.0 Å². The summed E-state index contributed by atoms with van der Waals surface area (Å²) >= 11 is 0. The number of rotatable bonds is 18. The maximum absolute atomic E-state index is 11.7. The molecule has 0 saturated heterocycles. The van der Waals surface area contributed by atoms with Crippen molar-refractivity contribution in [2.24, 2.45) is 0 Å². The highest BCUT2D eigenvalue weighted by molar-refractivity contribution is 5.75.